The van der Waals surface area contributed by atoms with Crippen molar-refractivity contribution in [2.75, 3.05) is 12.4 Å². The first-order valence-electron chi connectivity index (χ1n) is 5.45. The second-order valence-electron chi connectivity index (χ2n) is 3.68. The van der Waals surface area contributed by atoms with Gasteiger partial charge in [-0.3, -0.25) is 10.1 Å². The number of halogens is 1. The molecule has 0 radical (unpaired) electrons. The highest BCUT2D eigenvalue weighted by Crippen LogP contribution is 2.19. The fourth-order valence-electron chi connectivity index (χ4n) is 1.21. The highest BCUT2D eigenvalue weighted by Gasteiger charge is 2.17. The van der Waals surface area contributed by atoms with Crippen LogP contribution in [0.25, 0.3) is 0 Å². The number of esters is 1. The summed E-state index contributed by atoms with van der Waals surface area (Å²) in [6, 6.07) is 0. The lowest BCUT2D eigenvalue weighted by molar-refractivity contribution is -0.142. The van der Waals surface area contributed by atoms with Gasteiger partial charge in [0.1, 0.15) is 18.0 Å². The lowest BCUT2D eigenvalue weighted by atomic mass is 10.2. The van der Waals surface area contributed by atoms with Gasteiger partial charge in [0.05, 0.1) is 12.8 Å². The van der Waals surface area contributed by atoms with E-state index in [2.05, 4.69) is 20.0 Å². The lowest BCUT2D eigenvalue weighted by Crippen LogP contribution is -2.17. The van der Waals surface area contributed by atoms with Crippen molar-refractivity contribution in [3.8, 4) is 0 Å². The molecule has 0 saturated heterocycles. The van der Waals surface area contributed by atoms with Gasteiger partial charge < -0.3 is 14.9 Å². The molecule has 0 fully saturated rings. The quantitative estimate of drug-likeness (QED) is 0.647. The van der Waals surface area contributed by atoms with Gasteiger partial charge in [-0.25, -0.2) is 14.8 Å². The molecule has 0 aliphatic carbocycles. The summed E-state index contributed by atoms with van der Waals surface area (Å²) in [6.45, 7) is 2.55. The zero-order chi connectivity index (χ0) is 15.3. The molecule has 0 aliphatic rings. The molecule has 1 aromatic heterocycles. The lowest BCUT2D eigenvalue weighted by Gasteiger charge is -2.11. The summed E-state index contributed by atoms with van der Waals surface area (Å²) in [6.07, 6.45) is -0.759. The summed E-state index contributed by atoms with van der Waals surface area (Å²) in [5, 5.41) is 9.88. The number of hydrogen-bond donors (Lipinski definition) is 2. The average Bonchev–Trinajstić information content (AvgIpc) is 2.36. The Hall–Kier alpha value is -2.22. The molecule has 9 heteroatoms. The molecule has 108 valence electrons. The second kappa shape index (κ2) is 6.80. The zero-order valence-electron chi connectivity index (χ0n) is 11.1. The van der Waals surface area contributed by atoms with E-state index in [9.17, 15) is 9.59 Å². The minimum absolute atomic E-state index is 0.000856. The van der Waals surface area contributed by atoms with Crippen molar-refractivity contribution in [2.45, 2.75) is 20.5 Å². The van der Waals surface area contributed by atoms with Crippen LogP contribution < -0.4 is 5.32 Å². The van der Waals surface area contributed by atoms with Gasteiger partial charge in [-0.15, -0.1) is 0 Å². The third kappa shape index (κ3) is 4.16. The Labute approximate surface area is 120 Å². The molecular weight excluding hydrogens is 288 g/mol. The maximum Gasteiger partial charge on any atom is 0.412 e. The number of carbonyl (C=O) groups excluding carboxylic acids is 2. The Morgan fingerprint density at radius 2 is 2.00 bits per heavy atom. The summed E-state index contributed by atoms with van der Waals surface area (Å²) >= 11 is 5.89. The van der Waals surface area contributed by atoms with E-state index < -0.39 is 12.1 Å². The van der Waals surface area contributed by atoms with Crippen molar-refractivity contribution >= 4 is 35.2 Å². The number of ether oxygens (including phenoxy) is 2. The Bertz CT molecular complexity index is 562. The van der Waals surface area contributed by atoms with Crippen LogP contribution in [0.2, 0.25) is 5.15 Å². The van der Waals surface area contributed by atoms with Crippen LogP contribution in [0.4, 0.5) is 10.6 Å². The van der Waals surface area contributed by atoms with E-state index in [0.717, 1.165) is 0 Å². The largest absolute Gasteiger partial charge is 0.459 e. The maximum atomic E-state index is 11.2. The van der Waals surface area contributed by atoms with Gasteiger partial charge in [0.15, 0.2) is 11.0 Å². The number of anilines is 1. The normalized spacial score (nSPS) is 9.80. The summed E-state index contributed by atoms with van der Waals surface area (Å²) in [5.74, 6) is -0.492. The standard InChI is InChI=1S/C11H13ClN4O4/c1-5(13)8-10(16-11(18)19-3)15-9(12)7(14-8)4-20-6(2)17/h13H,4H2,1-3H3,(H,15,16,18). The molecule has 8 nitrogen and oxygen atoms in total. The maximum absolute atomic E-state index is 11.2. The van der Waals surface area contributed by atoms with Crippen LogP contribution in [0.15, 0.2) is 0 Å². The van der Waals surface area contributed by atoms with E-state index in [1.54, 1.807) is 0 Å². The smallest absolute Gasteiger partial charge is 0.412 e. The Kier molecular flexibility index (Phi) is 5.39. The highest BCUT2D eigenvalue weighted by molar-refractivity contribution is 6.30. The monoisotopic (exact) mass is 300 g/mol. The zero-order valence-corrected chi connectivity index (χ0v) is 11.9. The van der Waals surface area contributed by atoms with Crippen LogP contribution in [0.5, 0.6) is 0 Å². The molecule has 1 aromatic rings. The van der Waals surface area contributed by atoms with Crippen molar-refractivity contribution in [3.63, 3.8) is 0 Å². The van der Waals surface area contributed by atoms with Gasteiger partial charge >= 0.3 is 12.1 Å². The molecule has 1 amide bonds. The number of aromatic nitrogens is 2. The van der Waals surface area contributed by atoms with Crippen molar-refractivity contribution in [1.82, 2.24) is 9.97 Å². The summed E-state index contributed by atoms with van der Waals surface area (Å²) in [5.41, 5.74) is 0.366. The third-order valence-electron chi connectivity index (χ3n) is 2.09. The van der Waals surface area contributed by atoms with Crippen LogP contribution in [0, 0.1) is 5.41 Å². The molecule has 0 spiro atoms. The van der Waals surface area contributed by atoms with E-state index in [0.29, 0.717) is 0 Å². The van der Waals surface area contributed by atoms with Gasteiger partial charge in [0.2, 0.25) is 0 Å². The molecule has 0 aromatic carbocycles. The van der Waals surface area contributed by atoms with E-state index in [1.807, 2.05) is 0 Å². The summed E-state index contributed by atoms with van der Waals surface area (Å²) in [7, 11) is 1.19. The number of amides is 1. The molecular formula is C11H13ClN4O4. The van der Waals surface area contributed by atoms with Crippen molar-refractivity contribution < 1.29 is 19.1 Å². The molecule has 2 N–H and O–H groups in total. The molecule has 1 heterocycles. The number of nitrogens with zero attached hydrogens (tertiary/aromatic N) is 2. The molecule has 0 saturated carbocycles. The number of rotatable bonds is 4. The second-order valence-corrected chi connectivity index (χ2v) is 4.04. The van der Waals surface area contributed by atoms with Crippen molar-refractivity contribution in [2.24, 2.45) is 0 Å². The Balaban J connectivity index is 3.14. The molecule has 0 unspecified atom stereocenters. The predicted molar refractivity (Wildman–Crippen MR) is 71.0 cm³/mol. The topological polar surface area (TPSA) is 114 Å². The van der Waals surface area contributed by atoms with Crippen LogP contribution in [0.1, 0.15) is 25.2 Å². The molecule has 0 aliphatic heterocycles. The molecule has 20 heavy (non-hydrogen) atoms. The van der Waals surface area contributed by atoms with Crippen molar-refractivity contribution in [3.05, 3.63) is 16.5 Å². The summed E-state index contributed by atoms with van der Waals surface area (Å²) < 4.78 is 9.21. The minimum Gasteiger partial charge on any atom is -0.459 e. The van der Waals surface area contributed by atoms with E-state index in [1.165, 1.54) is 21.0 Å². The third-order valence-corrected chi connectivity index (χ3v) is 2.40. The van der Waals surface area contributed by atoms with Crippen LogP contribution in [-0.2, 0) is 20.9 Å². The predicted octanol–water partition coefficient (Wildman–Crippen LogP) is 1.76. The van der Waals surface area contributed by atoms with Crippen LogP contribution in [0.3, 0.4) is 0 Å². The van der Waals surface area contributed by atoms with Gasteiger partial charge in [0.25, 0.3) is 0 Å². The van der Waals surface area contributed by atoms with Crippen LogP contribution in [-0.4, -0.2) is 34.9 Å². The van der Waals surface area contributed by atoms with E-state index in [-0.39, 0.29) is 34.7 Å². The minimum atomic E-state index is -0.759. The van der Waals surface area contributed by atoms with Crippen LogP contribution >= 0.6 is 11.6 Å². The first-order chi connectivity index (χ1) is 9.35. The fraction of sp³-hybridized carbons (Fsp3) is 0.364. The SMILES string of the molecule is COC(=O)Nc1nc(Cl)c(COC(C)=O)nc1C(C)=N. The van der Waals surface area contributed by atoms with Crippen molar-refractivity contribution in [1.29, 1.82) is 5.41 Å². The number of nitrogens with one attached hydrogen (secondary N) is 2. The van der Waals surface area contributed by atoms with Gasteiger partial charge in [-0.2, -0.15) is 0 Å². The molecule has 1 rings (SSSR count). The Morgan fingerprint density at radius 1 is 1.35 bits per heavy atom. The first-order valence-corrected chi connectivity index (χ1v) is 5.83. The van der Waals surface area contributed by atoms with E-state index >= 15 is 0 Å². The molecule has 0 bridgehead atoms. The first kappa shape index (κ1) is 15.8. The number of methoxy groups -OCH3 is 1. The highest BCUT2D eigenvalue weighted by atomic mass is 35.5. The fourth-order valence-corrected chi connectivity index (χ4v) is 1.39. The van der Waals surface area contributed by atoms with Gasteiger partial charge in [0, 0.05) is 6.92 Å². The van der Waals surface area contributed by atoms with Gasteiger partial charge in [-0.1, -0.05) is 11.6 Å². The van der Waals surface area contributed by atoms with Gasteiger partial charge in [-0.05, 0) is 6.92 Å². The number of hydrogen-bond acceptors (Lipinski definition) is 7. The summed E-state index contributed by atoms with van der Waals surface area (Å²) in [4.78, 5) is 29.9. The average molecular weight is 301 g/mol. The number of carbonyl (C=O) groups is 2. The van der Waals surface area contributed by atoms with E-state index in [4.69, 9.17) is 21.7 Å². The Morgan fingerprint density at radius 3 is 2.50 bits per heavy atom. The molecule has 0 atom stereocenters.